The van der Waals surface area contributed by atoms with Gasteiger partial charge in [-0.1, -0.05) is 23.5 Å². The molecule has 28 heavy (non-hydrogen) atoms. The van der Waals surface area contributed by atoms with Crippen molar-refractivity contribution in [3.05, 3.63) is 52.6 Å². The normalized spacial score (nSPS) is 11.8. The van der Waals surface area contributed by atoms with Crippen molar-refractivity contribution >= 4 is 39.2 Å². The van der Waals surface area contributed by atoms with Crippen LogP contribution in [-0.2, 0) is 17.8 Å². The minimum Gasteiger partial charge on any atom is -0.493 e. The first-order valence-corrected chi connectivity index (χ1v) is 10.8. The monoisotopic (exact) mass is 420 g/mol. The smallest absolute Gasteiger partial charge is 0.252 e. The Hall–Kier alpha value is -2.32. The number of thiazole rings is 1. The third kappa shape index (κ3) is 4.56. The highest BCUT2D eigenvalue weighted by atomic mass is 32.2. The third-order valence-corrected chi connectivity index (χ3v) is 5.83. The minimum absolute atomic E-state index is 0.129. The number of ether oxygens (including phenoxy) is 2. The highest BCUT2D eigenvalue weighted by Gasteiger charge is 2.13. The highest BCUT2D eigenvalue weighted by molar-refractivity contribution is 7.98. The van der Waals surface area contributed by atoms with E-state index in [4.69, 9.17) is 9.47 Å². The number of aryl methyl sites for hydroxylation is 1. The van der Waals surface area contributed by atoms with Gasteiger partial charge in [-0.15, -0.1) is 0 Å². The Morgan fingerprint density at radius 1 is 1.18 bits per heavy atom. The molecule has 3 rings (SSSR count). The average Bonchev–Trinajstić information content (AvgIpc) is 3.02. The summed E-state index contributed by atoms with van der Waals surface area (Å²) < 4.78 is 26.8. The number of methoxy groups -OCH3 is 2. The number of aromatic nitrogens is 1. The molecule has 148 valence electrons. The topological polar surface area (TPSA) is 52.8 Å². The molecule has 0 saturated carbocycles. The molecule has 0 radical (unpaired) electrons. The lowest BCUT2D eigenvalue weighted by molar-refractivity contribution is -0.117. The van der Waals surface area contributed by atoms with Gasteiger partial charge in [-0.05, 0) is 24.0 Å². The fraction of sp³-hybridized carbons (Fsp3) is 0.300. The van der Waals surface area contributed by atoms with Crippen LogP contribution in [0.4, 0.5) is 4.39 Å². The Labute approximate surface area is 170 Å². The van der Waals surface area contributed by atoms with Crippen molar-refractivity contribution in [2.75, 3.05) is 26.2 Å². The first-order chi connectivity index (χ1) is 13.5. The maximum atomic E-state index is 13.1. The molecule has 1 aromatic heterocycles. The number of hydrogen-bond acceptors (Lipinski definition) is 5. The standard InChI is InChI=1S/C20H21FN2O3S2/c1-25-16-11-15-18(12-17(16)26-2)28-20(23(15)8-9-27-3)22-19(24)10-13-4-6-14(21)7-5-13/h4-7,11-12H,8-10H2,1-3H3. The van der Waals surface area contributed by atoms with Crippen LogP contribution in [0.3, 0.4) is 0 Å². The van der Waals surface area contributed by atoms with Gasteiger partial charge in [0, 0.05) is 24.4 Å². The van der Waals surface area contributed by atoms with E-state index < -0.39 is 0 Å². The molecule has 0 bridgehead atoms. The molecule has 1 heterocycles. The van der Waals surface area contributed by atoms with E-state index >= 15 is 0 Å². The van der Waals surface area contributed by atoms with Crippen LogP contribution in [-0.4, -0.2) is 36.7 Å². The summed E-state index contributed by atoms with van der Waals surface area (Å²) in [4.78, 5) is 17.5. The molecule has 0 unspecified atom stereocenters. The molecule has 0 aliphatic rings. The second-order valence-corrected chi connectivity index (χ2v) is 8.01. The Bertz CT molecular complexity index is 1040. The van der Waals surface area contributed by atoms with E-state index in [0.717, 1.165) is 28.1 Å². The van der Waals surface area contributed by atoms with E-state index in [-0.39, 0.29) is 18.1 Å². The summed E-state index contributed by atoms with van der Waals surface area (Å²) in [6.07, 6.45) is 2.17. The quantitative estimate of drug-likeness (QED) is 0.582. The van der Waals surface area contributed by atoms with Gasteiger partial charge in [0.2, 0.25) is 0 Å². The van der Waals surface area contributed by atoms with Gasteiger partial charge in [-0.2, -0.15) is 16.8 Å². The molecule has 0 atom stereocenters. The molecule has 3 aromatic rings. The van der Waals surface area contributed by atoms with Gasteiger partial charge < -0.3 is 14.0 Å². The average molecular weight is 421 g/mol. The van der Waals surface area contributed by atoms with E-state index in [1.807, 2.05) is 23.0 Å². The zero-order valence-corrected chi connectivity index (χ0v) is 17.5. The van der Waals surface area contributed by atoms with Crippen LogP contribution >= 0.6 is 23.1 Å². The Morgan fingerprint density at radius 2 is 1.86 bits per heavy atom. The van der Waals surface area contributed by atoms with Gasteiger partial charge in [-0.25, -0.2) is 4.39 Å². The van der Waals surface area contributed by atoms with Crippen LogP contribution in [0.15, 0.2) is 41.4 Å². The second-order valence-electron chi connectivity index (χ2n) is 6.01. The molecular formula is C20H21FN2O3S2. The zero-order valence-electron chi connectivity index (χ0n) is 15.9. The molecule has 0 spiro atoms. The van der Waals surface area contributed by atoms with E-state index in [1.165, 1.54) is 23.5 Å². The summed E-state index contributed by atoms with van der Waals surface area (Å²) in [6.45, 7) is 0.722. The zero-order chi connectivity index (χ0) is 20.1. The molecule has 0 N–H and O–H groups in total. The van der Waals surface area contributed by atoms with Crippen molar-refractivity contribution in [3.8, 4) is 11.5 Å². The Morgan fingerprint density at radius 3 is 2.50 bits per heavy atom. The van der Waals surface area contributed by atoms with Crippen LogP contribution in [0, 0.1) is 5.82 Å². The number of carbonyl (C=O) groups excluding carboxylic acids is 1. The van der Waals surface area contributed by atoms with Crippen LogP contribution < -0.4 is 14.3 Å². The van der Waals surface area contributed by atoms with Crippen molar-refractivity contribution in [3.63, 3.8) is 0 Å². The molecule has 5 nitrogen and oxygen atoms in total. The molecule has 0 saturated heterocycles. The minimum atomic E-state index is -0.324. The van der Waals surface area contributed by atoms with E-state index in [1.54, 1.807) is 38.1 Å². The molecule has 2 aromatic carbocycles. The van der Waals surface area contributed by atoms with Gasteiger partial charge in [-0.3, -0.25) is 4.79 Å². The highest BCUT2D eigenvalue weighted by Crippen LogP contribution is 2.33. The lowest BCUT2D eigenvalue weighted by Crippen LogP contribution is -2.18. The number of hydrogen-bond donors (Lipinski definition) is 0. The van der Waals surface area contributed by atoms with Crippen LogP contribution in [0.5, 0.6) is 11.5 Å². The lowest BCUT2D eigenvalue weighted by Gasteiger charge is -2.09. The van der Waals surface area contributed by atoms with Crippen LogP contribution in [0.2, 0.25) is 0 Å². The largest absolute Gasteiger partial charge is 0.493 e. The number of nitrogens with zero attached hydrogens (tertiary/aromatic N) is 2. The van der Waals surface area contributed by atoms with Crippen LogP contribution in [0.1, 0.15) is 5.56 Å². The number of fused-ring (bicyclic) bond motifs is 1. The summed E-state index contributed by atoms with van der Waals surface area (Å²) in [5.74, 6) is 1.57. The van der Waals surface area contributed by atoms with Crippen molar-refractivity contribution < 1.29 is 18.7 Å². The summed E-state index contributed by atoms with van der Waals surface area (Å²) >= 11 is 3.16. The van der Waals surface area contributed by atoms with E-state index in [9.17, 15) is 9.18 Å². The number of amides is 1. The van der Waals surface area contributed by atoms with Gasteiger partial charge in [0.25, 0.3) is 5.91 Å². The SMILES string of the molecule is COc1cc2sc(=NC(=O)Cc3ccc(F)cc3)n(CCSC)c2cc1OC. The van der Waals surface area contributed by atoms with Crippen molar-refractivity contribution in [1.82, 2.24) is 4.57 Å². The van der Waals surface area contributed by atoms with Gasteiger partial charge >= 0.3 is 0 Å². The lowest BCUT2D eigenvalue weighted by atomic mass is 10.1. The van der Waals surface area contributed by atoms with Crippen LogP contribution in [0.25, 0.3) is 10.2 Å². The van der Waals surface area contributed by atoms with E-state index in [0.29, 0.717) is 16.3 Å². The number of benzene rings is 2. The molecule has 0 fully saturated rings. The fourth-order valence-electron chi connectivity index (χ4n) is 2.80. The molecule has 8 heteroatoms. The molecule has 0 aliphatic carbocycles. The van der Waals surface area contributed by atoms with E-state index in [2.05, 4.69) is 4.99 Å². The van der Waals surface area contributed by atoms with Crippen molar-refractivity contribution in [2.24, 2.45) is 4.99 Å². The van der Waals surface area contributed by atoms with Gasteiger partial charge in [0.15, 0.2) is 16.3 Å². The summed E-state index contributed by atoms with van der Waals surface area (Å²) in [5.41, 5.74) is 1.68. The molecule has 0 aliphatic heterocycles. The van der Waals surface area contributed by atoms with Gasteiger partial charge in [0.1, 0.15) is 5.82 Å². The number of halogens is 1. The maximum Gasteiger partial charge on any atom is 0.252 e. The first-order valence-electron chi connectivity index (χ1n) is 8.62. The summed E-state index contributed by atoms with van der Waals surface area (Å²) in [5, 5.41) is 0. The predicted molar refractivity (Wildman–Crippen MR) is 112 cm³/mol. The third-order valence-electron chi connectivity index (χ3n) is 4.20. The Kier molecular flexibility index (Phi) is 6.74. The Balaban J connectivity index is 2.03. The number of carbonyl (C=O) groups is 1. The fourth-order valence-corrected chi connectivity index (χ4v) is 4.25. The maximum absolute atomic E-state index is 13.1. The van der Waals surface area contributed by atoms with Crippen molar-refractivity contribution in [2.45, 2.75) is 13.0 Å². The van der Waals surface area contributed by atoms with Crippen molar-refractivity contribution in [1.29, 1.82) is 0 Å². The predicted octanol–water partition coefficient (Wildman–Crippen LogP) is 3.89. The number of thioether (sulfide) groups is 1. The second kappa shape index (κ2) is 9.25. The first kappa shape index (κ1) is 20.4. The summed E-state index contributed by atoms with van der Waals surface area (Å²) in [6, 6.07) is 9.71. The molecular weight excluding hydrogens is 399 g/mol. The van der Waals surface area contributed by atoms with Gasteiger partial charge in [0.05, 0.1) is 30.9 Å². The summed E-state index contributed by atoms with van der Waals surface area (Å²) in [7, 11) is 3.19. The molecule has 1 amide bonds. The number of rotatable bonds is 7.